The highest BCUT2D eigenvalue weighted by Gasteiger charge is 2.30. The van der Waals surface area contributed by atoms with E-state index in [0.717, 1.165) is 13.7 Å². The van der Waals surface area contributed by atoms with Gasteiger partial charge < -0.3 is 29.5 Å². The van der Waals surface area contributed by atoms with Gasteiger partial charge in [-0.1, -0.05) is 0 Å². The normalized spacial score (nSPS) is 27.5. The number of hydrogen-bond donors (Lipinski definition) is 3. The van der Waals surface area contributed by atoms with E-state index in [1.165, 1.54) is 0 Å². The molecule has 0 bridgehead atoms. The van der Waals surface area contributed by atoms with Gasteiger partial charge in [0.2, 0.25) is 0 Å². The van der Waals surface area contributed by atoms with Crippen molar-refractivity contribution >= 4 is 0 Å². The average Bonchev–Trinajstić information content (AvgIpc) is 3.48. The maximum Gasteiger partial charge on any atom is 0.336 e. The van der Waals surface area contributed by atoms with Crippen molar-refractivity contribution in [2.24, 2.45) is 0 Å². The first-order valence-corrected chi connectivity index (χ1v) is 10.1. The Morgan fingerprint density at radius 3 is 1.07 bits per heavy atom. The maximum absolute atomic E-state index is 12.9. The van der Waals surface area contributed by atoms with E-state index in [0.29, 0.717) is 19.8 Å². The van der Waals surface area contributed by atoms with Gasteiger partial charge in [-0.15, -0.1) is 0 Å². The molecule has 12 heteroatoms. The highest BCUT2D eigenvalue weighted by molar-refractivity contribution is 4.85. The molecule has 6 atom stereocenters. The van der Waals surface area contributed by atoms with E-state index in [9.17, 15) is 29.7 Å². The lowest BCUT2D eigenvalue weighted by Gasteiger charge is -2.18. The number of rotatable bonds is 12. The van der Waals surface area contributed by atoms with Crippen molar-refractivity contribution < 1.29 is 29.5 Å². The largest absolute Gasteiger partial charge is 0.391 e. The molecule has 0 saturated carbocycles. The van der Waals surface area contributed by atoms with Crippen LogP contribution in [0.3, 0.4) is 0 Å². The van der Waals surface area contributed by atoms with Gasteiger partial charge in [0.15, 0.2) is 0 Å². The van der Waals surface area contributed by atoms with Crippen LogP contribution in [0.1, 0.15) is 19.3 Å². The molecule has 3 aliphatic rings. The van der Waals surface area contributed by atoms with Crippen molar-refractivity contribution in [2.75, 3.05) is 19.8 Å². The molecule has 0 aromatic carbocycles. The van der Waals surface area contributed by atoms with Gasteiger partial charge in [-0.3, -0.25) is 0 Å². The Labute approximate surface area is 170 Å². The minimum Gasteiger partial charge on any atom is -0.391 e. The van der Waals surface area contributed by atoms with E-state index < -0.39 is 35.4 Å². The van der Waals surface area contributed by atoms with E-state index in [-0.39, 0.29) is 57.2 Å². The summed E-state index contributed by atoms with van der Waals surface area (Å²) in [5.41, 5.74) is -2.73. The van der Waals surface area contributed by atoms with Crippen LogP contribution in [0, 0.1) is 0 Å². The summed E-state index contributed by atoms with van der Waals surface area (Å²) in [6.45, 7) is 0.589. The van der Waals surface area contributed by atoms with Gasteiger partial charge in [-0.2, -0.15) is 0 Å². The van der Waals surface area contributed by atoms with E-state index in [1.54, 1.807) is 0 Å². The smallest absolute Gasteiger partial charge is 0.336 e. The van der Waals surface area contributed by atoms with Crippen molar-refractivity contribution in [3.05, 3.63) is 31.5 Å². The van der Waals surface area contributed by atoms with Crippen molar-refractivity contribution in [1.29, 1.82) is 0 Å². The molecule has 12 nitrogen and oxygen atoms in total. The first-order chi connectivity index (χ1) is 14.3. The molecule has 1 aromatic rings. The molecule has 0 amide bonds. The number of aliphatic hydroxyl groups excluding tert-OH is 3. The summed E-state index contributed by atoms with van der Waals surface area (Å²) in [5, 5.41) is 30.7. The topological polar surface area (TPSA) is 164 Å². The molecule has 0 radical (unpaired) electrons. The molecule has 3 saturated heterocycles. The predicted molar refractivity (Wildman–Crippen MR) is 100 cm³/mol. The zero-order valence-corrected chi connectivity index (χ0v) is 16.5. The molecule has 4 rings (SSSR count). The first kappa shape index (κ1) is 21.4. The zero-order valence-electron chi connectivity index (χ0n) is 16.5. The summed E-state index contributed by atoms with van der Waals surface area (Å²) >= 11 is 0. The van der Waals surface area contributed by atoms with E-state index in [4.69, 9.17) is 14.2 Å². The Morgan fingerprint density at radius 1 is 0.633 bits per heavy atom. The molecule has 3 aliphatic heterocycles. The van der Waals surface area contributed by atoms with Crippen LogP contribution >= 0.6 is 0 Å². The molecule has 6 unspecified atom stereocenters. The SMILES string of the molecule is O=c1n(CC(O)CC2CO2)c(=O)n(CC(O)CC2CO2)c(=O)n1CC(O)CC1CO1. The van der Waals surface area contributed by atoms with E-state index >= 15 is 0 Å². The highest BCUT2D eigenvalue weighted by Crippen LogP contribution is 2.17. The third-order valence-electron chi connectivity index (χ3n) is 5.38. The van der Waals surface area contributed by atoms with Crippen molar-refractivity contribution in [3.63, 3.8) is 0 Å². The molecule has 3 fully saturated rings. The van der Waals surface area contributed by atoms with Crippen LogP contribution in [0.5, 0.6) is 0 Å². The number of aliphatic hydroxyl groups is 3. The second kappa shape index (κ2) is 8.73. The van der Waals surface area contributed by atoms with Crippen LogP contribution in [0.25, 0.3) is 0 Å². The van der Waals surface area contributed by atoms with Crippen LogP contribution in [0.15, 0.2) is 14.4 Å². The fourth-order valence-electron chi connectivity index (χ4n) is 3.53. The van der Waals surface area contributed by atoms with Gasteiger partial charge in [0.05, 0.1) is 76.1 Å². The summed E-state index contributed by atoms with van der Waals surface area (Å²) < 4.78 is 17.5. The van der Waals surface area contributed by atoms with Gasteiger partial charge in [0, 0.05) is 19.3 Å². The van der Waals surface area contributed by atoms with Crippen molar-refractivity contribution in [3.8, 4) is 0 Å². The Kier molecular flexibility index (Phi) is 6.23. The highest BCUT2D eigenvalue weighted by atomic mass is 16.6. The lowest BCUT2D eigenvalue weighted by molar-refractivity contribution is 0.110. The number of ether oxygens (including phenoxy) is 3. The maximum atomic E-state index is 12.9. The van der Waals surface area contributed by atoms with Crippen LogP contribution in [-0.2, 0) is 33.8 Å². The van der Waals surface area contributed by atoms with Crippen molar-refractivity contribution in [1.82, 2.24) is 13.7 Å². The molecule has 0 aliphatic carbocycles. The fourth-order valence-corrected chi connectivity index (χ4v) is 3.53. The van der Waals surface area contributed by atoms with Gasteiger partial charge in [-0.05, 0) is 0 Å². The second-order valence-electron chi connectivity index (χ2n) is 8.21. The Bertz CT molecular complexity index is 777. The minimum absolute atomic E-state index is 0.107. The molecular weight excluding hydrogens is 402 g/mol. The lowest BCUT2D eigenvalue weighted by Crippen LogP contribution is -2.57. The van der Waals surface area contributed by atoms with Crippen molar-refractivity contribution in [2.45, 2.75) is 75.5 Å². The molecular formula is C18H27N3O9. The molecule has 30 heavy (non-hydrogen) atoms. The van der Waals surface area contributed by atoms with Crippen LogP contribution in [0.2, 0.25) is 0 Å². The zero-order chi connectivity index (χ0) is 21.4. The van der Waals surface area contributed by atoms with E-state index in [1.807, 2.05) is 0 Å². The second-order valence-corrected chi connectivity index (χ2v) is 8.21. The average molecular weight is 429 g/mol. The summed E-state index contributed by atoms with van der Waals surface area (Å²) in [7, 11) is 0. The van der Waals surface area contributed by atoms with Crippen LogP contribution in [-0.4, -0.2) is 85.5 Å². The van der Waals surface area contributed by atoms with Gasteiger partial charge in [0.25, 0.3) is 0 Å². The molecule has 0 spiro atoms. The molecule has 4 heterocycles. The Morgan fingerprint density at radius 2 is 0.867 bits per heavy atom. The quantitative estimate of drug-likeness (QED) is 0.288. The Hall–Kier alpha value is -1.83. The van der Waals surface area contributed by atoms with Gasteiger partial charge in [0.1, 0.15) is 0 Å². The summed E-state index contributed by atoms with van der Waals surface area (Å²) in [6, 6.07) is 0. The number of aromatic nitrogens is 3. The van der Waals surface area contributed by atoms with Crippen LogP contribution in [0.4, 0.5) is 0 Å². The Balaban J connectivity index is 1.62. The van der Waals surface area contributed by atoms with Crippen LogP contribution < -0.4 is 17.1 Å². The summed E-state index contributed by atoms with van der Waals surface area (Å²) in [6.07, 6.45) is -2.60. The standard InChI is InChI=1S/C18H27N3O9/c22-10(1-13-7-28-13)4-19-16(25)20(5-11(23)2-14-8-29-14)18(27)21(17(19)26)6-12(24)3-15-9-30-15/h10-15,22-24H,1-9H2. The first-order valence-electron chi connectivity index (χ1n) is 10.1. The summed E-state index contributed by atoms with van der Waals surface area (Å²) in [4.78, 5) is 38.6. The monoisotopic (exact) mass is 429 g/mol. The summed E-state index contributed by atoms with van der Waals surface area (Å²) in [5.74, 6) is 0. The number of hydrogen-bond acceptors (Lipinski definition) is 9. The van der Waals surface area contributed by atoms with E-state index in [2.05, 4.69) is 0 Å². The lowest BCUT2D eigenvalue weighted by atomic mass is 10.2. The fraction of sp³-hybridized carbons (Fsp3) is 0.833. The van der Waals surface area contributed by atoms with Gasteiger partial charge in [-0.25, -0.2) is 28.1 Å². The minimum atomic E-state index is -1.02. The van der Waals surface area contributed by atoms with Gasteiger partial charge >= 0.3 is 17.1 Å². The molecule has 168 valence electrons. The third-order valence-corrected chi connectivity index (χ3v) is 5.38. The molecule has 1 aromatic heterocycles. The number of epoxide rings is 3. The third kappa shape index (κ3) is 5.45. The number of nitrogens with zero attached hydrogens (tertiary/aromatic N) is 3. The predicted octanol–water partition coefficient (Wildman–Crippen LogP) is -3.38. The molecule has 3 N–H and O–H groups in total.